The monoisotopic (exact) mass is 658 g/mol. The standard InChI is InChI=1S/C35H46O12/c1-8-16(2)29(41)46-30-32(6)22-12-24-33(7)26(34(22,15-43-30)27(40)25(44-17(3)36)28(32)45-18(4)37)21(38)13-31(5)20(19-9-10-42-14-19)11-23(39)35(31,33)47-24/h9-10,14,16,20,22-28,30,39-40H,8,11-13,15H2,1-7H3. The highest BCUT2D eigenvalue weighted by molar-refractivity contribution is 5.87. The van der Waals surface area contributed by atoms with Gasteiger partial charge in [-0.1, -0.05) is 27.7 Å². The third-order valence-corrected chi connectivity index (χ3v) is 13.7. The molecule has 1 aromatic rings. The van der Waals surface area contributed by atoms with Gasteiger partial charge in [0.2, 0.25) is 6.29 Å². The smallest absolute Gasteiger partial charge is 0.310 e. The quantitative estimate of drug-likeness (QED) is 0.339. The number of ketones is 1. The lowest BCUT2D eigenvalue weighted by molar-refractivity contribution is -0.458. The molecule has 1 spiro atoms. The van der Waals surface area contributed by atoms with E-state index in [1.165, 1.54) is 13.8 Å². The minimum Gasteiger partial charge on any atom is -0.472 e. The molecule has 4 saturated carbocycles. The fourth-order valence-corrected chi connectivity index (χ4v) is 11.8. The zero-order valence-electron chi connectivity index (χ0n) is 28.0. The first-order valence-electron chi connectivity index (χ1n) is 16.8. The molecular weight excluding hydrogens is 612 g/mol. The molecule has 2 saturated heterocycles. The Morgan fingerprint density at radius 3 is 2.38 bits per heavy atom. The van der Waals surface area contributed by atoms with Crippen LogP contribution in [0.25, 0.3) is 0 Å². The minimum absolute atomic E-state index is 0.0584. The predicted octanol–water partition coefficient (Wildman–Crippen LogP) is 3.06. The Morgan fingerprint density at radius 1 is 1.06 bits per heavy atom. The number of aliphatic hydroxyl groups is 2. The third kappa shape index (κ3) is 3.73. The molecule has 6 fully saturated rings. The zero-order chi connectivity index (χ0) is 34.1. The Balaban J connectivity index is 1.40. The van der Waals surface area contributed by atoms with Gasteiger partial charge in [0.05, 0.1) is 42.7 Å². The molecule has 15 unspecified atom stereocenters. The Bertz CT molecular complexity index is 1490. The number of hydrogen-bond donors (Lipinski definition) is 2. The molecule has 1 aromatic heterocycles. The Labute approximate surface area is 273 Å². The molecule has 4 aliphatic carbocycles. The van der Waals surface area contributed by atoms with Crippen LogP contribution < -0.4 is 0 Å². The number of ether oxygens (including phenoxy) is 5. The van der Waals surface area contributed by atoms with Gasteiger partial charge >= 0.3 is 17.9 Å². The van der Waals surface area contributed by atoms with E-state index in [0.29, 0.717) is 19.3 Å². The molecule has 0 amide bonds. The van der Waals surface area contributed by atoms with Crippen LogP contribution in [0, 0.1) is 39.4 Å². The van der Waals surface area contributed by atoms with Gasteiger partial charge in [-0.3, -0.25) is 19.2 Å². The summed E-state index contributed by atoms with van der Waals surface area (Å²) in [7, 11) is 0. The van der Waals surface area contributed by atoms with Gasteiger partial charge in [-0.15, -0.1) is 0 Å². The summed E-state index contributed by atoms with van der Waals surface area (Å²) in [5, 5.41) is 24.5. The second kappa shape index (κ2) is 10.4. The second-order valence-electron chi connectivity index (χ2n) is 15.7. The maximum absolute atomic E-state index is 14.9. The number of aliphatic hydroxyl groups excluding tert-OH is 2. The van der Waals surface area contributed by atoms with Gasteiger partial charge in [-0.2, -0.15) is 0 Å². The molecule has 2 bridgehead atoms. The van der Waals surface area contributed by atoms with Crippen molar-refractivity contribution in [2.24, 2.45) is 39.4 Å². The third-order valence-electron chi connectivity index (χ3n) is 13.7. The second-order valence-corrected chi connectivity index (χ2v) is 15.7. The lowest BCUT2D eigenvalue weighted by Crippen LogP contribution is -2.90. The Morgan fingerprint density at radius 2 is 1.77 bits per heavy atom. The predicted molar refractivity (Wildman–Crippen MR) is 160 cm³/mol. The van der Waals surface area contributed by atoms with Crippen molar-refractivity contribution in [3.05, 3.63) is 24.2 Å². The number of hydrogen-bond acceptors (Lipinski definition) is 12. The van der Waals surface area contributed by atoms with Crippen molar-refractivity contribution >= 4 is 23.7 Å². The summed E-state index contributed by atoms with van der Waals surface area (Å²) in [5.41, 5.74) is -4.72. The summed E-state index contributed by atoms with van der Waals surface area (Å²) in [6.07, 6.45) is -2.40. The molecule has 12 nitrogen and oxygen atoms in total. The summed E-state index contributed by atoms with van der Waals surface area (Å²) in [5.74, 6) is -4.22. The van der Waals surface area contributed by atoms with E-state index in [2.05, 4.69) is 0 Å². The molecule has 47 heavy (non-hydrogen) atoms. The summed E-state index contributed by atoms with van der Waals surface area (Å²) in [6.45, 7) is 11.6. The molecule has 6 aliphatic rings. The minimum atomic E-state index is -1.50. The SMILES string of the molecule is CCC(C)C(=O)OC1OCC23C(O)C(OC(C)=O)C(OC(C)=O)C1(C)C2CC1OC24C(O)CC(c5ccoc5)C2(C)CC(=O)C3C14C. The highest BCUT2D eigenvalue weighted by Gasteiger charge is 2.90. The van der Waals surface area contributed by atoms with Gasteiger partial charge in [0, 0.05) is 42.4 Å². The molecule has 12 heteroatoms. The van der Waals surface area contributed by atoms with Crippen molar-refractivity contribution in [3.63, 3.8) is 0 Å². The Kier molecular flexibility index (Phi) is 7.21. The number of rotatable bonds is 6. The van der Waals surface area contributed by atoms with Crippen LogP contribution in [-0.4, -0.2) is 82.9 Å². The van der Waals surface area contributed by atoms with Gasteiger partial charge in [0.1, 0.15) is 17.5 Å². The van der Waals surface area contributed by atoms with E-state index >= 15 is 0 Å². The first kappa shape index (κ1) is 32.7. The lowest BCUT2D eigenvalue weighted by Gasteiger charge is -2.81. The van der Waals surface area contributed by atoms with E-state index < -0.39 is 99.7 Å². The van der Waals surface area contributed by atoms with Crippen LogP contribution in [0.15, 0.2) is 23.0 Å². The van der Waals surface area contributed by atoms with Crippen molar-refractivity contribution < 1.29 is 57.5 Å². The van der Waals surface area contributed by atoms with Gasteiger partial charge in [0.25, 0.3) is 0 Å². The molecular formula is C35H46O12. The first-order valence-corrected chi connectivity index (χ1v) is 16.8. The van der Waals surface area contributed by atoms with Crippen molar-refractivity contribution in [2.75, 3.05) is 6.61 Å². The van der Waals surface area contributed by atoms with Gasteiger partial charge < -0.3 is 38.3 Å². The Hall–Kier alpha value is -2.80. The summed E-state index contributed by atoms with van der Waals surface area (Å²) >= 11 is 0. The fraction of sp³-hybridized carbons (Fsp3) is 0.771. The largest absolute Gasteiger partial charge is 0.472 e. The van der Waals surface area contributed by atoms with E-state index in [-0.39, 0.29) is 24.7 Å². The van der Waals surface area contributed by atoms with Crippen LogP contribution in [0.5, 0.6) is 0 Å². The van der Waals surface area contributed by atoms with E-state index in [9.17, 15) is 29.4 Å². The van der Waals surface area contributed by atoms with Crippen molar-refractivity contribution in [2.45, 2.75) is 122 Å². The van der Waals surface area contributed by atoms with E-state index in [0.717, 1.165) is 5.56 Å². The topological polar surface area (TPSA) is 168 Å². The molecule has 2 N–H and O–H groups in total. The highest BCUT2D eigenvalue weighted by atomic mass is 16.7. The average Bonchev–Trinajstić information content (AvgIpc) is 3.60. The highest BCUT2D eigenvalue weighted by Crippen LogP contribution is 2.82. The molecule has 7 rings (SSSR count). The molecule has 0 radical (unpaired) electrons. The fourth-order valence-electron chi connectivity index (χ4n) is 11.8. The maximum Gasteiger partial charge on any atom is 0.310 e. The molecule has 258 valence electrons. The summed E-state index contributed by atoms with van der Waals surface area (Å²) in [4.78, 5) is 53.4. The average molecular weight is 659 g/mol. The van der Waals surface area contributed by atoms with E-state index in [1.54, 1.807) is 26.4 Å². The molecule has 0 aromatic carbocycles. The zero-order valence-corrected chi connectivity index (χ0v) is 28.0. The van der Waals surface area contributed by atoms with Crippen molar-refractivity contribution in [3.8, 4) is 0 Å². The van der Waals surface area contributed by atoms with E-state index in [1.807, 2.05) is 26.8 Å². The van der Waals surface area contributed by atoms with Crippen LogP contribution in [0.1, 0.15) is 85.6 Å². The number of Topliss-reactive ketones (excluding diaryl/α,β-unsaturated/α-hetero) is 1. The molecule has 3 heterocycles. The van der Waals surface area contributed by atoms with Crippen LogP contribution in [0.2, 0.25) is 0 Å². The molecule has 2 aliphatic heterocycles. The number of esters is 3. The van der Waals surface area contributed by atoms with Gasteiger partial charge in [-0.05, 0) is 49.7 Å². The lowest BCUT2D eigenvalue weighted by atomic mass is 9.30. The number of furan rings is 1. The van der Waals surface area contributed by atoms with Crippen molar-refractivity contribution in [1.29, 1.82) is 0 Å². The number of carbonyl (C=O) groups excluding carboxylic acids is 4. The van der Waals surface area contributed by atoms with Gasteiger partial charge in [0.15, 0.2) is 12.2 Å². The first-order chi connectivity index (χ1) is 22.0. The van der Waals surface area contributed by atoms with Crippen LogP contribution >= 0.6 is 0 Å². The van der Waals surface area contributed by atoms with Crippen LogP contribution in [0.4, 0.5) is 0 Å². The van der Waals surface area contributed by atoms with Crippen molar-refractivity contribution in [1.82, 2.24) is 0 Å². The number of carbonyl (C=O) groups is 4. The van der Waals surface area contributed by atoms with E-state index in [4.69, 9.17) is 28.1 Å². The summed E-state index contributed by atoms with van der Waals surface area (Å²) < 4.78 is 36.5. The van der Waals surface area contributed by atoms with Gasteiger partial charge in [-0.25, -0.2) is 0 Å². The molecule has 15 atom stereocenters. The summed E-state index contributed by atoms with van der Waals surface area (Å²) in [6, 6.07) is 1.86. The maximum atomic E-state index is 14.9. The normalized spacial score (nSPS) is 49.8. The van der Waals surface area contributed by atoms with Crippen LogP contribution in [0.3, 0.4) is 0 Å². The van der Waals surface area contributed by atoms with Crippen LogP contribution in [-0.2, 0) is 42.9 Å².